The lowest BCUT2D eigenvalue weighted by molar-refractivity contribution is 0.0601. The average molecular weight is 243 g/mol. The molecule has 0 saturated heterocycles. The van der Waals surface area contributed by atoms with Crippen molar-refractivity contribution in [2.75, 3.05) is 7.11 Å². The molecule has 0 aliphatic heterocycles. The third kappa shape index (κ3) is 2.04. The molecule has 0 atom stereocenters. The molecule has 0 saturated carbocycles. The highest BCUT2D eigenvalue weighted by atomic mass is 16.5. The summed E-state index contributed by atoms with van der Waals surface area (Å²) in [6.07, 6.45) is 0. The Bertz CT molecular complexity index is 597. The second-order valence-electron chi connectivity index (χ2n) is 4.49. The Morgan fingerprint density at radius 3 is 2.50 bits per heavy atom. The van der Waals surface area contributed by atoms with Gasteiger partial charge in [-0.25, -0.2) is 4.79 Å². The van der Waals surface area contributed by atoms with E-state index in [1.165, 1.54) is 12.7 Å². The molecular formula is C15H17NO2. The van der Waals surface area contributed by atoms with Crippen molar-refractivity contribution in [2.24, 2.45) is 0 Å². The van der Waals surface area contributed by atoms with E-state index in [2.05, 4.69) is 11.1 Å². The summed E-state index contributed by atoms with van der Waals surface area (Å²) in [5.74, 6) is -0.298. The van der Waals surface area contributed by atoms with Gasteiger partial charge in [-0.1, -0.05) is 29.8 Å². The Morgan fingerprint density at radius 2 is 1.89 bits per heavy atom. The first-order chi connectivity index (χ1) is 8.54. The fourth-order valence-electron chi connectivity index (χ4n) is 2.30. The smallest absolute Gasteiger partial charge is 0.340 e. The van der Waals surface area contributed by atoms with Crippen LogP contribution in [0.15, 0.2) is 24.3 Å². The summed E-state index contributed by atoms with van der Waals surface area (Å²) in [5, 5.41) is 0. The van der Waals surface area contributed by atoms with Crippen LogP contribution in [-0.2, 0) is 4.74 Å². The van der Waals surface area contributed by atoms with Crippen molar-refractivity contribution in [1.82, 2.24) is 4.98 Å². The van der Waals surface area contributed by atoms with E-state index >= 15 is 0 Å². The molecule has 0 radical (unpaired) electrons. The minimum absolute atomic E-state index is 0.298. The zero-order chi connectivity index (χ0) is 13.3. The standard InChI is InChI=1S/C15H17NO2/c1-9-6-5-7-12(8-9)13-10(2)16-11(3)14(13)15(17)18-4/h5-8,16H,1-4H3. The molecule has 0 amide bonds. The summed E-state index contributed by atoms with van der Waals surface area (Å²) in [6, 6.07) is 8.11. The van der Waals surface area contributed by atoms with E-state index in [4.69, 9.17) is 4.74 Å². The summed E-state index contributed by atoms with van der Waals surface area (Å²) >= 11 is 0. The van der Waals surface area contributed by atoms with Crippen molar-refractivity contribution in [3.05, 3.63) is 46.8 Å². The number of ether oxygens (including phenoxy) is 1. The number of H-pyrrole nitrogens is 1. The van der Waals surface area contributed by atoms with Crippen LogP contribution in [0.1, 0.15) is 27.3 Å². The van der Waals surface area contributed by atoms with E-state index in [0.717, 1.165) is 22.5 Å². The molecule has 18 heavy (non-hydrogen) atoms. The fourth-order valence-corrected chi connectivity index (χ4v) is 2.30. The van der Waals surface area contributed by atoms with E-state index in [0.29, 0.717) is 5.56 Å². The summed E-state index contributed by atoms with van der Waals surface area (Å²) in [4.78, 5) is 15.1. The summed E-state index contributed by atoms with van der Waals surface area (Å²) in [5.41, 5.74) is 5.59. The van der Waals surface area contributed by atoms with Gasteiger partial charge >= 0.3 is 5.97 Å². The maximum absolute atomic E-state index is 11.9. The number of nitrogens with one attached hydrogen (secondary N) is 1. The number of hydrogen-bond acceptors (Lipinski definition) is 2. The van der Waals surface area contributed by atoms with Crippen molar-refractivity contribution in [3.8, 4) is 11.1 Å². The van der Waals surface area contributed by atoms with Crippen LogP contribution in [0, 0.1) is 20.8 Å². The van der Waals surface area contributed by atoms with Gasteiger partial charge in [0.1, 0.15) is 0 Å². The predicted octanol–water partition coefficient (Wildman–Crippen LogP) is 3.39. The van der Waals surface area contributed by atoms with Crippen molar-refractivity contribution in [1.29, 1.82) is 0 Å². The Balaban J connectivity index is 2.67. The van der Waals surface area contributed by atoms with Crippen molar-refractivity contribution in [3.63, 3.8) is 0 Å². The number of esters is 1. The molecule has 2 aromatic rings. The minimum atomic E-state index is -0.298. The van der Waals surface area contributed by atoms with Gasteiger partial charge in [-0.15, -0.1) is 0 Å². The van der Waals surface area contributed by atoms with E-state index in [1.54, 1.807) is 0 Å². The molecular weight excluding hydrogens is 226 g/mol. The van der Waals surface area contributed by atoms with Crippen molar-refractivity contribution >= 4 is 5.97 Å². The lowest BCUT2D eigenvalue weighted by atomic mass is 9.99. The SMILES string of the molecule is COC(=O)c1c(C)[nH]c(C)c1-c1cccc(C)c1. The number of hydrogen-bond donors (Lipinski definition) is 1. The van der Waals surface area contributed by atoms with E-state index in [9.17, 15) is 4.79 Å². The minimum Gasteiger partial charge on any atom is -0.465 e. The van der Waals surface area contributed by atoms with Crippen LogP contribution in [0.5, 0.6) is 0 Å². The topological polar surface area (TPSA) is 42.1 Å². The number of aromatic nitrogens is 1. The number of benzene rings is 1. The molecule has 1 aromatic carbocycles. The summed E-state index contributed by atoms with van der Waals surface area (Å²) < 4.78 is 4.86. The van der Waals surface area contributed by atoms with Gasteiger partial charge < -0.3 is 9.72 Å². The van der Waals surface area contributed by atoms with E-state index in [-0.39, 0.29) is 5.97 Å². The number of aryl methyl sites for hydroxylation is 3. The van der Waals surface area contributed by atoms with Gasteiger partial charge in [0, 0.05) is 17.0 Å². The molecule has 0 aliphatic carbocycles. The predicted molar refractivity (Wildman–Crippen MR) is 71.8 cm³/mol. The first kappa shape index (κ1) is 12.4. The van der Waals surface area contributed by atoms with Crippen LogP contribution < -0.4 is 0 Å². The molecule has 1 heterocycles. The van der Waals surface area contributed by atoms with Crippen molar-refractivity contribution < 1.29 is 9.53 Å². The first-order valence-corrected chi connectivity index (χ1v) is 5.89. The van der Waals surface area contributed by atoms with Crippen LogP contribution in [0.25, 0.3) is 11.1 Å². The number of rotatable bonds is 2. The van der Waals surface area contributed by atoms with Gasteiger partial charge in [-0.2, -0.15) is 0 Å². The Labute approximate surface area is 107 Å². The molecule has 1 N–H and O–H groups in total. The number of carbonyl (C=O) groups is 1. The molecule has 2 rings (SSSR count). The fraction of sp³-hybridized carbons (Fsp3) is 0.267. The molecule has 1 aromatic heterocycles. The first-order valence-electron chi connectivity index (χ1n) is 5.89. The van der Waals surface area contributed by atoms with Crippen LogP contribution >= 0.6 is 0 Å². The highest BCUT2D eigenvalue weighted by Gasteiger charge is 2.20. The zero-order valence-electron chi connectivity index (χ0n) is 11.1. The average Bonchev–Trinajstić information content (AvgIpc) is 2.63. The number of methoxy groups -OCH3 is 1. The van der Waals surface area contributed by atoms with Gasteiger partial charge in [-0.05, 0) is 26.3 Å². The summed E-state index contributed by atoms with van der Waals surface area (Å²) in [6.45, 7) is 5.89. The molecule has 0 aliphatic rings. The summed E-state index contributed by atoms with van der Waals surface area (Å²) in [7, 11) is 1.41. The number of carbonyl (C=O) groups excluding carboxylic acids is 1. The van der Waals surface area contributed by atoms with Gasteiger partial charge in [-0.3, -0.25) is 0 Å². The molecule has 3 nitrogen and oxygen atoms in total. The lowest BCUT2D eigenvalue weighted by Gasteiger charge is -2.06. The normalized spacial score (nSPS) is 10.4. The maximum Gasteiger partial charge on any atom is 0.340 e. The molecule has 0 spiro atoms. The third-order valence-corrected chi connectivity index (χ3v) is 3.07. The monoisotopic (exact) mass is 243 g/mol. The largest absolute Gasteiger partial charge is 0.465 e. The highest BCUT2D eigenvalue weighted by molar-refractivity contribution is 5.99. The maximum atomic E-state index is 11.9. The zero-order valence-corrected chi connectivity index (χ0v) is 11.1. The van der Waals surface area contributed by atoms with Gasteiger partial charge in [0.15, 0.2) is 0 Å². The molecule has 94 valence electrons. The van der Waals surface area contributed by atoms with E-state index < -0.39 is 0 Å². The molecule has 3 heteroatoms. The van der Waals surface area contributed by atoms with Crippen molar-refractivity contribution in [2.45, 2.75) is 20.8 Å². The van der Waals surface area contributed by atoms with Crippen LogP contribution in [0.3, 0.4) is 0 Å². The Kier molecular flexibility index (Phi) is 3.24. The second kappa shape index (κ2) is 4.69. The quantitative estimate of drug-likeness (QED) is 0.821. The van der Waals surface area contributed by atoms with E-state index in [1.807, 2.05) is 39.0 Å². The molecule has 0 unspecified atom stereocenters. The highest BCUT2D eigenvalue weighted by Crippen LogP contribution is 2.30. The van der Waals surface area contributed by atoms with Gasteiger partial charge in [0.2, 0.25) is 0 Å². The Hall–Kier alpha value is -2.03. The van der Waals surface area contributed by atoms with Crippen LogP contribution in [-0.4, -0.2) is 18.1 Å². The second-order valence-corrected chi connectivity index (χ2v) is 4.49. The molecule has 0 bridgehead atoms. The Morgan fingerprint density at radius 1 is 1.17 bits per heavy atom. The number of aromatic amines is 1. The molecule has 0 fully saturated rings. The van der Waals surface area contributed by atoms with Crippen LogP contribution in [0.4, 0.5) is 0 Å². The third-order valence-electron chi connectivity index (χ3n) is 3.07. The lowest BCUT2D eigenvalue weighted by Crippen LogP contribution is -2.03. The van der Waals surface area contributed by atoms with Crippen LogP contribution in [0.2, 0.25) is 0 Å². The van der Waals surface area contributed by atoms with Gasteiger partial charge in [0.05, 0.1) is 12.7 Å². The van der Waals surface area contributed by atoms with Gasteiger partial charge in [0.25, 0.3) is 0 Å².